The lowest BCUT2D eigenvalue weighted by Gasteiger charge is -2.23. The number of hydrogen-bond acceptors (Lipinski definition) is 2. The van der Waals surface area contributed by atoms with E-state index in [0.29, 0.717) is 12.2 Å². The van der Waals surface area contributed by atoms with E-state index in [9.17, 15) is 0 Å². The molecule has 0 aliphatic carbocycles. The molecule has 0 amide bonds. The van der Waals surface area contributed by atoms with Gasteiger partial charge in [-0.15, -0.1) is 0 Å². The molecule has 2 aliphatic heterocycles. The summed E-state index contributed by atoms with van der Waals surface area (Å²) >= 11 is 0. The molecule has 2 fully saturated rings. The zero-order valence-corrected chi connectivity index (χ0v) is 10.9. The van der Waals surface area contributed by atoms with Crippen LogP contribution in [-0.2, 0) is 4.74 Å². The number of nitrogens with one attached hydrogen (secondary N) is 1. The van der Waals surface area contributed by atoms with Crippen LogP contribution < -0.4 is 5.32 Å². The summed E-state index contributed by atoms with van der Waals surface area (Å²) in [6, 6.07) is 0.745. The average Bonchev–Trinajstić information content (AvgIpc) is 2.88. The Balaban J connectivity index is 1.69. The first-order valence-corrected chi connectivity index (χ1v) is 7.22. The lowest BCUT2D eigenvalue weighted by atomic mass is 9.89. The van der Waals surface area contributed by atoms with E-state index >= 15 is 0 Å². The molecule has 2 heteroatoms. The molecular formula is C14H27NO. The number of ether oxygens (including phenoxy) is 1. The van der Waals surface area contributed by atoms with E-state index in [1.165, 1.54) is 51.5 Å². The Morgan fingerprint density at radius 1 is 1.19 bits per heavy atom. The number of rotatable bonds is 7. The maximum absolute atomic E-state index is 5.90. The predicted octanol–water partition coefficient (Wildman–Crippen LogP) is 3.11. The van der Waals surface area contributed by atoms with Crippen molar-refractivity contribution in [1.29, 1.82) is 0 Å². The Kier molecular flexibility index (Phi) is 4.66. The van der Waals surface area contributed by atoms with Gasteiger partial charge in [0.1, 0.15) is 0 Å². The minimum Gasteiger partial charge on any atom is -0.375 e. The van der Waals surface area contributed by atoms with Gasteiger partial charge in [0.25, 0.3) is 0 Å². The van der Waals surface area contributed by atoms with Crippen LogP contribution in [0.3, 0.4) is 0 Å². The molecule has 16 heavy (non-hydrogen) atoms. The van der Waals surface area contributed by atoms with Crippen LogP contribution in [-0.4, -0.2) is 24.8 Å². The Morgan fingerprint density at radius 2 is 1.94 bits per heavy atom. The third-order valence-corrected chi connectivity index (χ3v) is 4.17. The standard InChI is InChI=1S/C14H27NO/c1-3-5-12(6-4-2)15-10-11-9-13-7-8-14(11)16-13/h11-15H,3-10H2,1-2H3. The molecule has 0 spiro atoms. The number of fused-ring (bicyclic) bond motifs is 2. The zero-order chi connectivity index (χ0) is 11.4. The van der Waals surface area contributed by atoms with Gasteiger partial charge in [-0.25, -0.2) is 0 Å². The van der Waals surface area contributed by atoms with E-state index in [2.05, 4.69) is 19.2 Å². The molecule has 0 aromatic rings. The lowest BCUT2D eigenvalue weighted by molar-refractivity contribution is 0.0918. The van der Waals surface area contributed by atoms with Gasteiger partial charge in [-0.05, 0) is 32.1 Å². The predicted molar refractivity (Wildman–Crippen MR) is 67.6 cm³/mol. The second-order valence-electron chi connectivity index (χ2n) is 5.55. The quantitative estimate of drug-likeness (QED) is 0.719. The summed E-state index contributed by atoms with van der Waals surface area (Å²) in [4.78, 5) is 0. The van der Waals surface area contributed by atoms with Gasteiger partial charge < -0.3 is 10.1 Å². The maximum atomic E-state index is 5.90. The van der Waals surface area contributed by atoms with Gasteiger partial charge in [0.2, 0.25) is 0 Å². The van der Waals surface area contributed by atoms with E-state index in [1.54, 1.807) is 0 Å². The molecule has 2 nitrogen and oxygen atoms in total. The number of hydrogen-bond donors (Lipinski definition) is 1. The van der Waals surface area contributed by atoms with Crippen molar-refractivity contribution in [2.75, 3.05) is 6.54 Å². The molecule has 1 N–H and O–H groups in total. The molecule has 3 atom stereocenters. The molecule has 2 bridgehead atoms. The van der Waals surface area contributed by atoms with E-state index < -0.39 is 0 Å². The van der Waals surface area contributed by atoms with Gasteiger partial charge in [-0.3, -0.25) is 0 Å². The summed E-state index contributed by atoms with van der Waals surface area (Å²) < 4.78 is 5.90. The van der Waals surface area contributed by atoms with Crippen LogP contribution in [0, 0.1) is 5.92 Å². The van der Waals surface area contributed by atoms with Gasteiger partial charge in [0.15, 0.2) is 0 Å². The summed E-state index contributed by atoms with van der Waals surface area (Å²) in [5, 5.41) is 3.77. The first-order valence-electron chi connectivity index (χ1n) is 7.22. The minimum absolute atomic E-state index is 0.585. The summed E-state index contributed by atoms with van der Waals surface area (Å²) in [7, 11) is 0. The van der Waals surface area contributed by atoms with Crippen molar-refractivity contribution in [3.8, 4) is 0 Å². The highest BCUT2D eigenvalue weighted by Crippen LogP contribution is 2.38. The third-order valence-electron chi connectivity index (χ3n) is 4.17. The second kappa shape index (κ2) is 6.02. The van der Waals surface area contributed by atoms with Gasteiger partial charge in [0, 0.05) is 18.5 Å². The molecule has 0 aromatic heterocycles. The second-order valence-corrected chi connectivity index (χ2v) is 5.55. The molecule has 0 saturated carbocycles. The highest BCUT2D eigenvalue weighted by Gasteiger charge is 2.40. The van der Waals surface area contributed by atoms with Crippen LogP contribution in [0.1, 0.15) is 58.8 Å². The summed E-state index contributed by atoms with van der Waals surface area (Å²) in [5.74, 6) is 0.801. The summed E-state index contributed by atoms with van der Waals surface area (Å²) in [6.45, 7) is 5.75. The van der Waals surface area contributed by atoms with Crippen LogP contribution in [0.5, 0.6) is 0 Å². The van der Waals surface area contributed by atoms with E-state index in [0.717, 1.165) is 12.0 Å². The van der Waals surface area contributed by atoms with E-state index in [1.807, 2.05) is 0 Å². The first-order chi connectivity index (χ1) is 7.83. The molecule has 2 rings (SSSR count). The lowest BCUT2D eigenvalue weighted by Crippen LogP contribution is -2.36. The first kappa shape index (κ1) is 12.4. The molecule has 2 heterocycles. The molecule has 3 unspecified atom stereocenters. The van der Waals surface area contributed by atoms with Gasteiger partial charge in [0.05, 0.1) is 12.2 Å². The average molecular weight is 225 g/mol. The molecule has 2 aliphatic rings. The Morgan fingerprint density at radius 3 is 2.44 bits per heavy atom. The maximum Gasteiger partial charge on any atom is 0.0621 e. The Hall–Kier alpha value is -0.0800. The monoisotopic (exact) mass is 225 g/mol. The SMILES string of the molecule is CCCC(CCC)NCC1CC2CCC1O2. The largest absolute Gasteiger partial charge is 0.375 e. The fourth-order valence-corrected chi connectivity index (χ4v) is 3.32. The van der Waals surface area contributed by atoms with E-state index in [-0.39, 0.29) is 0 Å². The van der Waals surface area contributed by atoms with Crippen molar-refractivity contribution < 1.29 is 4.74 Å². The highest BCUT2D eigenvalue weighted by atomic mass is 16.5. The summed E-state index contributed by atoms with van der Waals surface area (Å²) in [5.41, 5.74) is 0. The zero-order valence-electron chi connectivity index (χ0n) is 10.9. The van der Waals surface area contributed by atoms with Crippen molar-refractivity contribution >= 4 is 0 Å². The molecule has 0 radical (unpaired) electrons. The van der Waals surface area contributed by atoms with Crippen molar-refractivity contribution in [3.05, 3.63) is 0 Å². The molecule has 94 valence electrons. The van der Waals surface area contributed by atoms with Crippen molar-refractivity contribution in [2.45, 2.75) is 77.0 Å². The molecule has 2 saturated heterocycles. The fraction of sp³-hybridized carbons (Fsp3) is 1.00. The van der Waals surface area contributed by atoms with Gasteiger partial charge in [-0.2, -0.15) is 0 Å². The normalized spacial score (nSPS) is 32.8. The van der Waals surface area contributed by atoms with Crippen LogP contribution in [0.25, 0.3) is 0 Å². The van der Waals surface area contributed by atoms with Gasteiger partial charge >= 0.3 is 0 Å². The molecule has 0 aromatic carbocycles. The van der Waals surface area contributed by atoms with Crippen molar-refractivity contribution in [1.82, 2.24) is 5.32 Å². The topological polar surface area (TPSA) is 21.3 Å². The van der Waals surface area contributed by atoms with Crippen molar-refractivity contribution in [2.24, 2.45) is 5.92 Å². The highest BCUT2D eigenvalue weighted by molar-refractivity contribution is 4.90. The van der Waals surface area contributed by atoms with E-state index in [4.69, 9.17) is 4.74 Å². The minimum atomic E-state index is 0.585. The van der Waals surface area contributed by atoms with Crippen LogP contribution >= 0.6 is 0 Å². The Bertz CT molecular complexity index is 201. The van der Waals surface area contributed by atoms with Gasteiger partial charge in [-0.1, -0.05) is 26.7 Å². The van der Waals surface area contributed by atoms with Crippen LogP contribution in [0.4, 0.5) is 0 Å². The fourth-order valence-electron chi connectivity index (χ4n) is 3.32. The third kappa shape index (κ3) is 2.98. The smallest absolute Gasteiger partial charge is 0.0621 e. The molecular weight excluding hydrogens is 198 g/mol. The van der Waals surface area contributed by atoms with Crippen LogP contribution in [0.15, 0.2) is 0 Å². The van der Waals surface area contributed by atoms with Crippen molar-refractivity contribution in [3.63, 3.8) is 0 Å². The summed E-state index contributed by atoms with van der Waals surface area (Å²) in [6.07, 6.45) is 10.4. The van der Waals surface area contributed by atoms with Crippen LogP contribution in [0.2, 0.25) is 0 Å². The Labute approximate surface area is 100 Å².